The lowest BCUT2D eigenvalue weighted by Gasteiger charge is -2.27. The smallest absolute Gasteiger partial charge is 0.326 e. The molecule has 0 saturated heterocycles. The Balaban J connectivity index is 1.76. The number of carboxylic acids is 1. The first kappa shape index (κ1) is 20.6. The van der Waals surface area contributed by atoms with Gasteiger partial charge in [0.1, 0.15) is 12.1 Å². The van der Waals surface area contributed by atoms with E-state index in [-0.39, 0.29) is 11.8 Å². The summed E-state index contributed by atoms with van der Waals surface area (Å²) < 4.78 is 1.97. The number of hydrogen-bond donors (Lipinski definition) is 3. The minimum atomic E-state index is -1.10. The predicted octanol–water partition coefficient (Wildman–Crippen LogP) is 1.82. The van der Waals surface area contributed by atoms with Crippen molar-refractivity contribution in [2.75, 3.05) is 11.4 Å². The van der Waals surface area contributed by atoms with Crippen molar-refractivity contribution in [1.82, 2.24) is 20.2 Å². The van der Waals surface area contributed by atoms with Crippen LogP contribution in [0.25, 0.3) is 11.0 Å². The number of para-hydroxylation sites is 2. The van der Waals surface area contributed by atoms with Crippen LogP contribution in [0.4, 0.5) is 10.7 Å². The van der Waals surface area contributed by atoms with Gasteiger partial charge in [-0.2, -0.15) is 0 Å². The fraction of sp³-hybridized carbons (Fsp3) is 0.500. The average Bonchev–Trinajstić information content (AvgIpc) is 3.22. The molecule has 0 bridgehead atoms. The number of nitrogens with zero attached hydrogens (tertiary/aromatic N) is 3. The summed E-state index contributed by atoms with van der Waals surface area (Å²) in [7, 11) is 0. The highest BCUT2D eigenvalue weighted by Gasteiger charge is 2.34. The minimum absolute atomic E-state index is 0.220. The Hall–Kier alpha value is -3.10. The molecule has 0 spiro atoms. The van der Waals surface area contributed by atoms with Gasteiger partial charge in [0, 0.05) is 13.1 Å². The summed E-state index contributed by atoms with van der Waals surface area (Å²) in [4.78, 5) is 43.1. The maximum absolute atomic E-state index is 12.9. The van der Waals surface area contributed by atoms with Gasteiger partial charge in [0.25, 0.3) is 0 Å². The molecule has 3 N–H and O–H groups in total. The molecule has 2 heterocycles. The summed E-state index contributed by atoms with van der Waals surface area (Å²) in [5.41, 5.74) is 1.76. The molecule has 3 rings (SSSR count). The number of hydrogen-bond acceptors (Lipinski definition) is 4. The number of amides is 3. The highest BCUT2D eigenvalue weighted by atomic mass is 16.4. The lowest BCUT2D eigenvalue weighted by Crippen LogP contribution is -2.57. The lowest BCUT2D eigenvalue weighted by molar-refractivity contribution is -0.143. The summed E-state index contributed by atoms with van der Waals surface area (Å²) >= 11 is 0. The van der Waals surface area contributed by atoms with E-state index in [1.807, 2.05) is 28.8 Å². The van der Waals surface area contributed by atoms with Crippen molar-refractivity contribution < 1.29 is 19.5 Å². The highest BCUT2D eigenvalue weighted by Crippen LogP contribution is 2.27. The molecule has 2 atom stereocenters. The molecule has 0 radical (unpaired) electrons. The molecule has 3 amide bonds. The number of aromatic nitrogens is 2. The Bertz CT molecular complexity index is 936. The number of carbonyl (C=O) groups excluding carboxylic acids is 2. The number of benzene rings is 1. The summed E-state index contributed by atoms with van der Waals surface area (Å²) in [5.74, 6) is -1.57. The SMILES string of the molecule is CC(C)C(NC(=O)C(NC(=O)N1CCn2c1nc1ccccc12)C(C)C)C(=O)O. The second kappa shape index (κ2) is 8.10. The summed E-state index contributed by atoms with van der Waals surface area (Å²) in [5, 5.41) is 14.6. The van der Waals surface area contributed by atoms with Gasteiger partial charge in [-0.1, -0.05) is 39.8 Å². The molecular formula is C20H27N5O4. The van der Waals surface area contributed by atoms with Crippen molar-refractivity contribution in [1.29, 1.82) is 0 Å². The quantitative estimate of drug-likeness (QED) is 0.683. The molecular weight excluding hydrogens is 374 g/mol. The van der Waals surface area contributed by atoms with Crippen molar-refractivity contribution in [3.8, 4) is 0 Å². The van der Waals surface area contributed by atoms with E-state index < -0.39 is 30.0 Å². The molecule has 156 valence electrons. The molecule has 9 nitrogen and oxygen atoms in total. The Morgan fingerprint density at radius 3 is 2.28 bits per heavy atom. The molecule has 1 aliphatic heterocycles. The maximum Gasteiger partial charge on any atom is 0.326 e. The van der Waals surface area contributed by atoms with E-state index in [0.717, 1.165) is 11.0 Å². The number of rotatable bonds is 6. The first-order valence-electron chi connectivity index (χ1n) is 9.77. The molecule has 9 heteroatoms. The fourth-order valence-corrected chi connectivity index (χ4v) is 3.48. The molecule has 0 aliphatic carbocycles. The van der Waals surface area contributed by atoms with E-state index >= 15 is 0 Å². The normalized spacial score (nSPS) is 15.4. The van der Waals surface area contributed by atoms with Gasteiger partial charge in [-0.15, -0.1) is 0 Å². The topological polar surface area (TPSA) is 117 Å². The van der Waals surface area contributed by atoms with E-state index in [0.29, 0.717) is 19.0 Å². The molecule has 0 saturated carbocycles. The van der Waals surface area contributed by atoms with Crippen LogP contribution >= 0.6 is 0 Å². The van der Waals surface area contributed by atoms with Gasteiger partial charge in [0.2, 0.25) is 11.9 Å². The molecule has 1 aliphatic rings. The molecule has 0 fully saturated rings. The van der Waals surface area contributed by atoms with Crippen LogP contribution in [-0.4, -0.2) is 51.2 Å². The number of carboxylic acid groups (broad SMARTS) is 1. The van der Waals surface area contributed by atoms with Crippen LogP contribution in [0, 0.1) is 11.8 Å². The van der Waals surface area contributed by atoms with E-state index in [1.165, 1.54) is 4.90 Å². The van der Waals surface area contributed by atoms with Crippen molar-refractivity contribution in [2.45, 2.75) is 46.3 Å². The van der Waals surface area contributed by atoms with Crippen molar-refractivity contribution in [3.63, 3.8) is 0 Å². The van der Waals surface area contributed by atoms with Crippen LogP contribution in [0.5, 0.6) is 0 Å². The average molecular weight is 401 g/mol. The second-order valence-electron chi connectivity index (χ2n) is 7.94. The number of anilines is 1. The van der Waals surface area contributed by atoms with Crippen LogP contribution in [0.3, 0.4) is 0 Å². The zero-order valence-electron chi connectivity index (χ0n) is 17.0. The van der Waals surface area contributed by atoms with Gasteiger partial charge in [-0.3, -0.25) is 9.69 Å². The summed E-state index contributed by atoms with van der Waals surface area (Å²) in [6, 6.07) is 5.35. The largest absolute Gasteiger partial charge is 0.480 e. The standard InChI is InChI=1S/C20H27N5O4/c1-11(2)15(17(26)22-16(12(3)4)18(27)28)23-20(29)25-10-9-24-14-8-6-5-7-13(14)21-19(24)25/h5-8,11-12,15-16H,9-10H2,1-4H3,(H,22,26)(H,23,29)(H,27,28). The van der Waals surface area contributed by atoms with Crippen molar-refractivity contribution in [2.24, 2.45) is 11.8 Å². The summed E-state index contributed by atoms with van der Waals surface area (Å²) in [6.07, 6.45) is 0. The third kappa shape index (κ3) is 4.03. The Labute approximate surface area is 169 Å². The second-order valence-corrected chi connectivity index (χ2v) is 7.94. The van der Waals surface area contributed by atoms with Gasteiger partial charge in [0.05, 0.1) is 11.0 Å². The number of carbonyl (C=O) groups is 3. The van der Waals surface area contributed by atoms with E-state index in [2.05, 4.69) is 15.6 Å². The first-order valence-corrected chi connectivity index (χ1v) is 9.77. The highest BCUT2D eigenvalue weighted by molar-refractivity contribution is 5.97. The number of urea groups is 1. The van der Waals surface area contributed by atoms with Gasteiger partial charge < -0.3 is 20.3 Å². The van der Waals surface area contributed by atoms with Crippen molar-refractivity contribution >= 4 is 34.9 Å². The molecule has 2 unspecified atom stereocenters. The number of fused-ring (bicyclic) bond motifs is 3. The minimum Gasteiger partial charge on any atom is -0.480 e. The summed E-state index contributed by atoms with van der Waals surface area (Å²) in [6.45, 7) is 8.11. The van der Waals surface area contributed by atoms with E-state index in [1.54, 1.807) is 27.7 Å². The lowest BCUT2D eigenvalue weighted by atomic mass is 10.0. The Kier molecular flexibility index (Phi) is 5.76. The molecule has 2 aromatic rings. The number of imidazole rings is 1. The van der Waals surface area contributed by atoms with Gasteiger partial charge in [0.15, 0.2) is 0 Å². The third-order valence-electron chi connectivity index (χ3n) is 5.13. The van der Waals surface area contributed by atoms with Crippen LogP contribution in [0.15, 0.2) is 24.3 Å². The number of nitrogens with one attached hydrogen (secondary N) is 2. The Morgan fingerprint density at radius 2 is 1.66 bits per heavy atom. The van der Waals surface area contributed by atoms with Gasteiger partial charge >= 0.3 is 12.0 Å². The monoisotopic (exact) mass is 401 g/mol. The van der Waals surface area contributed by atoms with Gasteiger partial charge in [-0.05, 0) is 24.0 Å². The van der Waals surface area contributed by atoms with Gasteiger partial charge in [-0.25, -0.2) is 14.6 Å². The fourth-order valence-electron chi connectivity index (χ4n) is 3.48. The Morgan fingerprint density at radius 1 is 1.00 bits per heavy atom. The van der Waals surface area contributed by atoms with Crippen LogP contribution < -0.4 is 15.5 Å². The zero-order chi connectivity index (χ0) is 21.3. The molecule has 1 aromatic heterocycles. The van der Waals surface area contributed by atoms with Crippen LogP contribution in [0.2, 0.25) is 0 Å². The maximum atomic E-state index is 12.9. The van der Waals surface area contributed by atoms with Crippen LogP contribution in [0.1, 0.15) is 27.7 Å². The molecule has 1 aromatic carbocycles. The first-order chi connectivity index (χ1) is 13.7. The third-order valence-corrected chi connectivity index (χ3v) is 5.13. The van der Waals surface area contributed by atoms with Crippen molar-refractivity contribution in [3.05, 3.63) is 24.3 Å². The number of aliphatic carboxylic acids is 1. The predicted molar refractivity (Wildman–Crippen MR) is 109 cm³/mol. The van der Waals surface area contributed by atoms with E-state index in [4.69, 9.17) is 0 Å². The van der Waals surface area contributed by atoms with E-state index in [9.17, 15) is 19.5 Å². The molecule has 29 heavy (non-hydrogen) atoms. The van der Waals surface area contributed by atoms with Crippen LogP contribution in [-0.2, 0) is 16.1 Å². The zero-order valence-corrected chi connectivity index (χ0v) is 17.0.